The fraction of sp³-hybridized carbons (Fsp3) is 0.560. The van der Waals surface area contributed by atoms with Gasteiger partial charge in [0.05, 0.1) is 42.3 Å². The molecule has 0 unspecified atom stereocenters. The Bertz CT molecular complexity index is 1360. The lowest BCUT2D eigenvalue weighted by atomic mass is 9.82. The van der Waals surface area contributed by atoms with Crippen molar-refractivity contribution in [3.8, 4) is 0 Å². The van der Waals surface area contributed by atoms with Gasteiger partial charge < -0.3 is 15.2 Å². The minimum Gasteiger partial charge on any atom is -0.389 e. The largest absolute Gasteiger partial charge is 0.389 e. The Labute approximate surface area is 216 Å². The second kappa shape index (κ2) is 8.79. The maximum Gasteiger partial charge on any atom is 0.272 e. The van der Waals surface area contributed by atoms with Crippen molar-refractivity contribution in [3.63, 3.8) is 0 Å². The first-order valence-corrected chi connectivity index (χ1v) is 12.7. The zero-order chi connectivity index (χ0) is 26.1. The molecule has 0 bridgehead atoms. The Morgan fingerprint density at radius 1 is 1.27 bits per heavy atom. The van der Waals surface area contributed by atoms with Gasteiger partial charge in [-0.15, -0.1) is 0 Å². The SMILES string of the molecule is Cc1cc2cnc(Nc3cnn([C@H]4CC4(F)F)c3Cl)nc2cc1[C@H]1CCN([C@]2(C)COC[C@@H]2O)C[C@@H]1F. The second-order valence-corrected chi connectivity index (χ2v) is 11.0. The fourth-order valence-corrected chi connectivity index (χ4v) is 5.83. The summed E-state index contributed by atoms with van der Waals surface area (Å²) < 4.78 is 49.0. The van der Waals surface area contributed by atoms with E-state index in [1.165, 1.54) is 6.20 Å². The van der Waals surface area contributed by atoms with Gasteiger partial charge in [0.1, 0.15) is 12.2 Å². The van der Waals surface area contributed by atoms with Crippen LogP contribution < -0.4 is 5.32 Å². The van der Waals surface area contributed by atoms with E-state index in [1.54, 1.807) is 6.20 Å². The van der Waals surface area contributed by atoms with Gasteiger partial charge in [-0.25, -0.2) is 27.8 Å². The van der Waals surface area contributed by atoms with Crippen LogP contribution in [0, 0.1) is 6.92 Å². The van der Waals surface area contributed by atoms with Gasteiger partial charge in [0, 0.05) is 30.5 Å². The van der Waals surface area contributed by atoms with E-state index in [4.69, 9.17) is 16.3 Å². The minimum atomic E-state index is -2.80. The lowest BCUT2D eigenvalue weighted by molar-refractivity contribution is -0.0238. The van der Waals surface area contributed by atoms with E-state index >= 15 is 4.39 Å². The molecule has 3 fully saturated rings. The third-order valence-electron chi connectivity index (χ3n) is 8.09. The number of aromatic nitrogens is 4. The molecule has 3 aromatic rings. The van der Waals surface area contributed by atoms with Crippen molar-refractivity contribution >= 4 is 34.1 Å². The highest BCUT2D eigenvalue weighted by Gasteiger charge is 2.59. The van der Waals surface area contributed by atoms with E-state index < -0.39 is 29.8 Å². The molecule has 12 heteroatoms. The number of nitrogens with one attached hydrogen (secondary N) is 1. The van der Waals surface area contributed by atoms with Gasteiger partial charge in [0.25, 0.3) is 5.92 Å². The summed E-state index contributed by atoms with van der Waals surface area (Å²) in [6.45, 7) is 5.41. The third-order valence-corrected chi connectivity index (χ3v) is 8.46. The summed E-state index contributed by atoms with van der Waals surface area (Å²) in [5, 5.41) is 18.2. The average Bonchev–Trinajstić information content (AvgIpc) is 3.13. The average molecular weight is 537 g/mol. The normalized spacial score (nSPS) is 31.6. The number of rotatable bonds is 5. The van der Waals surface area contributed by atoms with Gasteiger partial charge >= 0.3 is 0 Å². The standard InChI is InChI=1S/C25H28ClF3N6O2/c1-13-5-14-8-30-23(33-19-9-31-35(22(19)26)20-7-25(20,28)29)32-18(14)6-16(13)15-3-4-34(10-17(15)27)24(2)12-37-11-21(24)36/h5-6,8-9,15,17,20-21,36H,3-4,7,10-12H2,1-2H3,(H,30,32,33)/t15-,17+,20+,21+,24-/m1/s1. The molecular formula is C25H28ClF3N6O2. The van der Waals surface area contributed by atoms with Gasteiger partial charge in [-0.3, -0.25) is 4.90 Å². The van der Waals surface area contributed by atoms with Crippen LogP contribution in [0.4, 0.5) is 24.8 Å². The summed E-state index contributed by atoms with van der Waals surface area (Å²) in [5.41, 5.74) is 2.24. The van der Waals surface area contributed by atoms with Crippen molar-refractivity contribution in [3.05, 3.63) is 40.8 Å². The molecule has 5 atom stereocenters. The minimum absolute atomic E-state index is 0.0639. The Hall–Kier alpha value is -2.47. The second-order valence-electron chi connectivity index (χ2n) is 10.6. The predicted molar refractivity (Wildman–Crippen MR) is 132 cm³/mol. The molecule has 1 aliphatic carbocycles. The van der Waals surface area contributed by atoms with Crippen molar-refractivity contribution in [2.24, 2.45) is 0 Å². The Morgan fingerprint density at radius 2 is 2.05 bits per heavy atom. The van der Waals surface area contributed by atoms with Crippen LogP contribution in [-0.2, 0) is 4.74 Å². The van der Waals surface area contributed by atoms with E-state index in [1.807, 2.05) is 30.9 Å². The lowest BCUT2D eigenvalue weighted by Gasteiger charge is -2.45. The number of anilines is 2. The Balaban J connectivity index is 1.23. The molecule has 6 rings (SSSR count). The van der Waals surface area contributed by atoms with Crippen LogP contribution >= 0.6 is 11.6 Å². The van der Waals surface area contributed by atoms with Crippen LogP contribution in [-0.4, -0.2) is 79.8 Å². The zero-order valence-corrected chi connectivity index (χ0v) is 21.2. The van der Waals surface area contributed by atoms with E-state index in [0.717, 1.165) is 21.2 Å². The predicted octanol–water partition coefficient (Wildman–Crippen LogP) is 4.39. The number of hydrogen-bond acceptors (Lipinski definition) is 7. The Morgan fingerprint density at radius 3 is 2.73 bits per heavy atom. The summed E-state index contributed by atoms with van der Waals surface area (Å²) in [6.07, 6.45) is 1.60. The summed E-state index contributed by atoms with van der Waals surface area (Å²) >= 11 is 6.28. The topological polar surface area (TPSA) is 88.3 Å². The molecule has 8 nitrogen and oxygen atoms in total. The number of halogens is 4. The van der Waals surface area contributed by atoms with Crippen molar-refractivity contribution < 1.29 is 23.0 Å². The van der Waals surface area contributed by atoms with Crippen LogP contribution in [0.5, 0.6) is 0 Å². The molecule has 0 amide bonds. The lowest BCUT2D eigenvalue weighted by Crippen LogP contribution is -2.58. The smallest absolute Gasteiger partial charge is 0.272 e. The molecule has 1 aromatic carbocycles. The maximum absolute atomic E-state index is 15.6. The number of ether oxygens (including phenoxy) is 1. The molecule has 2 saturated heterocycles. The van der Waals surface area contributed by atoms with Crippen LogP contribution in [0.3, 0.4) is 0 Å². The maximum atomic E-state index is 15.6. The molecule has 1 saturated carbocycles. The number of benzene rings is 1. The van der Waals surface area contributed by atoms with Crippen molar-refractivity contribution in [1.29, 1.82) is 0 Å². The molecule has 0 spiro atoms. The van der Waals surface area contributed by atoms with E-state index in [0.29, 0.717) is 30.8 Å². The molecule has 3 aliphatic rings. The van der Waals surface area contributed by atoms with Gasteiger partial charge in [-0.05, 0) is 50.1 Å². The van der Waals surface area contributed by atoms with Gasteiger partial charge in [-0.1, -0.05) is 11.6 Å². The number of alkyl halides is 3. The van der Waals surface area contributed by atoms with Crippen LogP contribution in [0.1, 0.15) is 42.9 Å². The highest BCUT2D eigenvalue weighted by Crippen LogP contribution is 2.53. The molecule has 198 valence electrons. The third kappa shape index (κ3) is 4.25. The highest BCUT2D eigenvalue weighted by atomic mass is 35.5. The van der Waals surface area contributed by atoms with Crippen LogP contribution in [0.2, 0.25) is 5.15 Å². The number of aliphatic hydroxyl groups is 1. The molecule has 4 heterocycles. The number of nitrogens with zero attached hydrogens (tertiary/aromatic N) is 5. The number of fused-ring (bicyclic) bond motifs is 1. The molecule has 2 aromatic heterocycles. The molecule has 37 heavy (non-hydrogen) atoms. The fourth-order valence-electron chi connectivity index (χ4n) is 5.58. The first-order chi connectivity index (χ1) is 17.6. The Kier molecular flexibility index (Phi) is 5.90. The monoisotopic (exact) mass is 536 g/mol. The summed E-state index contributed by atoms with van der Waals surface area (Å²) in [5.74, 6) is -2.86. The van der Waals surface area contributed by atoms with Crippen LogP contribution in [0.15, 0.2) is 24.5 Å². The van der Waals surface area contributed by atoms with Crippen LogP contribution in [0.25, 0.3) is 10.9 Å². The summed E-state index contributed by atoms with van der Waals surface area (Å²) in [7, 11) is 0. The van der Waals surface area contributed by atoms with E-state index in [-0.39, 0.29) is 36.6 Å². The van der Waals surface area contributed by atoms with Gasteiger partial charge in [0.2, 0.25) is 5.95 Å². The number of aliphatic hydroxyl groups excluding tert-OH is 1. The molecular weight excluding hydrogens is 509 g/mol. The quantitative estimate of drug-likeness (QED) is 0.500. The van der Waals surface area contributed by atoms with Crippen molar-refractivity contribution in [2.45, 2.75) is 62.4 Å². The zero-order valence-electron chi connectivity index (χ0n) is 20.5. The molecule has 2 aliphatic heterocycles. The van der Waals surface area contributed by atoms with Crippen molar-refractivity contribution in [2.75, 3.05) is 31.6 Å². The number of hydrogen-bond donors (Lipinski definition) is 2. The highest BCUT2D eigenvalue weighted by molar-refractivity contribution is 6.32. The summed E-state index contributed by atoms with van der Waals surface area (Å²) in [6, 6.07) is 2.81. The number of piperidine rings is 1. The van der Waals surface area contributed by atoms with E-state index in [2.05, 4.69) is 20.4 Å². The van der Waals surface area contributed by atoms with Gasteiger partial charge in [0.15, 0.2) is 5.15 Å². The first-order valence-electron chi connectivity index (χ1n) is 12.4. The van der Waals surface area contributed by atoms with Gasteiger partial charge in [-0.2, -0.15) is 5.10 Å². The first kappa shape index (κ1) is 24.8. The van der Waals surface area contributed by atoms with Crippen molar-refractivity contribution in [1.82, 2.24) is 24.6 Å². The molecule has 2 N–H and O–H groups in total. The summed E-state index contributed by atoms with van der Waals surface area (Å²) in [4.78, 5) is 10.9. The number of aryl methyl sites for hydroxylation is 1. The number of likely N-dealkylation sites (tertiary alicyclic amines) is 1. The molecule has 0 radical (unpaired) electrons. The van der Waals surface area contributed by atoms with E-state index in [9.17, 15) is 13.9 Å².